The molecule has 55 valence electrons. The summed E-state index contributed by atoms with van der Waals surface area (Å²) in [5.74, 6) is 0. The molecule has 0 aliphatic rings. The van der Waals surface area contributed by atoms with E-state index in [0.717, 1.165) is 0 Å². The predicted octanol–water partition coefficient (Wildman–Crippen LogP) is -0.992. The van der Waals surface area contributed by atoms with E-state index in [-0.39, 0.29) is 17.1 Å². The average molecular weight is 210 g/mol. The van der Waals surface area contributed by atoms with E-state index in [0.29, 0.717) is 0 Å². The summed E-state index contributed by atoms with van der Waals surface area (Å²) >= 11 is 3.24. The van der Waals surface area contributed by atoms with E-state index < -0.39 is 9.05 Å². The minimum atomic E-state index is -4.33. The van der Waals surface area contributed by atoms with Gasteiger partial charge in [0, 0.05) is 0 Å². The molecule has 0 heterocycles. The zero-order valence-electron chi connectivity index (χ0n) is 3.24. The van der Waals surface area contributed by atoms with Crippen molar-refractivity contribution in [1.82, 2.24) is 0 Å². The molecule has 0 aromatic rings. The first kappa shape index (κ1) is 15.9. The zero-order valence-corrected chi connectivity index (χ0v) is 5.81. The molecule has 0 atom stereocenters. The molecule has 0 saturated carbocycles. The number of hydrogen-bond acceptors (Lipinski definition) is 6. The molecule has 0 aromatic carbocycles. The number of hydrogen-bond donors (Lipinski definition) is 2. The van der Waals surface area contributed by atoms with Crippen LogP contribution in [0.25, 0.3) is 0 Å². The van der Waals surface area contributed by atoms with Gasteiger partial charge in [-0.25, -0.2) is 0 Å². The molecule has 0 fully saturated rings. The fraction of sp³-hybridized carbons (Fsp3) is 0. The third-order valence-corrected chi connectivity index (χ3v) is 0. The molecule has 0 aromatic heterocycles. The molecule has 0 spiro atoms. The van der Waals surface area contributed by atoms with Gasteiger partial charge in [-0.05, 0) is 11.2 Å². The summed E-state index contributed by atoms with van der Waals surface area (Å²) in [5, 5.41) is 12.0. The molecule has 0 unspecified atom stereocenters. The average Bonchev–Trinajstić information content (AvgIpc) is 1.36. The van der Waals surface area contributed by atoms with Gasteiger partial charge in [-0.1, -0.05) is 0 Å². The van der Waals surface area contributed by atoms with Crippen molar-refractivity contribution in [3.63, 3.8) is 0 Å². The maximum Gasteiger partial charge on any atom is 2.00 e. The summed E-state index contributed by atoms with van der Waals surface area (Å²) in [7, 11) is -4.33. The van der Waals surface area contributed by atoms with E-state index in [9.17, 15) is 0 Å². The van der Waals surface area contributed by atoms with E-state index in [2.05, 4.69) is 11.2 Å². The second kappa shape index (κ2) is 7.73. The molecule has 0 aliphatic heterocycles. The van der Waals surface area contributed by atoms with Gasteiger partial charge in [0.1, 0.15) is 0 Å². The Kier molecular flexibility index (Phi) is 15.4. The third-order valence-electron chi connectivity index (χ3n) is 0. The van der Waals surface area contributed by atoms with Crippen molar-refractivity contribution in [2.75, 3.05) is 0 Å². The van der Waals surface area contributed by atoms with E-state index in [1.807, 2.05) is 0 Å². The van der Waals surface area contributed by atoms with Crippen LogP contribution in [-0.4, -0.2) is 23.8 Å². The first-order valence-corrected chi connectivity index (χ1v) is 3.20. The maximum absolute atomic E-state index is 8.89. The van der Waals surface area contributed by atoms with Crippen LogP contribution >= 0.6 is 0 Å². The molecule has 8 heteroatoms. The SMILES string of the molecule is O=S([O-])([O-])=S.OO.[Cu+2]. The van der Waals surface area contributed by atoms with Crippen molar-refractivity contribution in [2.24, 2.45) is 0 Å². The summed E-state index contributed by atoms with van der Waals surface area (Å²) in [6, 6.07) is 0. The Bertz CT molecular complexity index is 93.6. The van der Waals surface area contributed by atoms with E-state index >= 15 is 0 Å². The van der Waals surface area contributed by atoms with Gasteiger partial charge in [-0.15, -0.1) is 9.05 Å². The van der Waals surface area contributed by atoms with Crippen LogP contribution in [0.3, 0.4) is 0 Å². The normalized spacial score (nSPS) is 8.00. The van der Waals surface area contributed by atoms with Crippen molar-refractivity contribution in [1.29, 1.82) is 0 Å². The van der Waals surface area contributed by atoms with Crippen LogP contribution in [-0.2, 0) is 37.3 Å². The van der Waals surface area contributed by atoms with Gasteiger partial charge in [-0.2, -0.15) is 0 Å². The molecule has 1 radical (unpaired) electrons. The Hall–Kier alpha value is 0.729. The summed E-state index contributed by atoms with van der Waals surface area (Å²) < 4.78 is 26.7. The second-order valence-electron chi connectivity index (χ2n) is 0.408. The molecule has 2 N–H and O–H groups in total. The van der Waals surface area contributed by atoms with Gasteiger partial charge < -0.3 is 9.11 Å². The standard InChI is InChI=1S/Cu.H2O3S2.H2O2/c;1-5(2,3)4;1-2/h;(H2,1,2,3,4);1-2H/q+2;;/p-2. The van der Waals surface area contributed by atoms with Crippen molar-refractivity contribution in [3.8, 4) is 0 Å². The Balaban J connectivity index is -0.0000000750. The van der Waals surface area contributed by atoms with Crippen LogP contribution in [0.4, 0.5) is 0 Å². The monoisotopic (exact) mass is 209 g/mol. The summed E-state index contributed by atoms with van der Waals surface area (Å²) in [6.07, 6.45) is 0. The zero-order chi connectivity index (χ0) is 6.50. The maximum atomic E-state index is 8.89. The van der Waals surface area contributed by atoms with Crippen LogP contribution in [0, 0.1) is 0 Å². The van der Waals surface area contributed by atoms with Gasteiger partial charge in [0.2, 0.25) is 0 Å². The first-order chi connectivity index (χ1) is 3.00. The summed E-state index contributed by atoms with van der Waals surface area (Å²) in [4.78, 5) is 0. The van der Waals surface area contributed by atoms with Gasteiger partial charge in [0.25, 0.3) is 0 Å². The fourth-order valence-electron chi connectivity index (χ4n) is 0. The molecule has 0 rings (SSSR count). The first-order valence-electron chi connectivity index (χ1n) is 0.867. The fourth-order valence-corrected chi connectivity index (χ4v) is 0. The van der Waals surface area contributed by atoms with Gasteiger partial charge in [0.15, 0.2) is 0 Å². The Morgan fingerprint density at radius 2 is 1.38 bits per heavy atom. The van der Waals surface area contributed by atoms with Crippen molar-refractivity contribution < 1.29 is 40.9 Å². The van der Waals surface area contributed by atoms with Crippen LogP contribution in [0.2, 0.25) is 0 Å². The van der Waals surface area contributed by atoms with E-state index in [4.69, 9.17) is 23.8 Å². The van der Waals surface area contributed by atoms with Crippen LogP contribution in [0.5, 0.6) is 0 Å². The second-order valence-corrected chi connectivity index (χ2v) is 2.45. The van der Waals surface area contributed by atoms with Crippen LogP contribution < -0.4 is 0 Å². The molecule has 0 saturated heterocycles. The predicted molar refractivity (Wildman–Crippen MR) is 22.3 cm³/mol. The Morgan fingerprint density at radius 1 is 1.38 bits per heavy atom. The topological polar surface area (TPSA) is 104 Å². The smallest absolute Gasteiger partial charge is 0.780 e. The Labute approximate surface area is 61.5 Å². The summed E-state index contributed by atoms with van der Waals surface area (Å²) in [6.45, 7) is 0. The molecule has 0 amide bonds. The third kappa shape index (κ3) is 415. The van der Waals surface area contributed by atoms with Crippen molar-refractivity contribution in [2.45, 2.75) is 0 Å². The minimum absolute atomic E-state index is 0. The van der Waals surface area contributed by atoms with Crippen LogP contribution in [0.1, 0.15) is 0 Å². The molecule has 0 bridgehead atoms. The summed E-state index contributed by atoms with van der Waals surface area (Å²) in [5.41, 5.74) is 0. The van der Waals surface area contributed by atoms with Crippen LogP contribution in [0.15, 0.2) is 0 Å². The minimum Gasteiger partial charge on any atom is -0.780 e. The number of rotatable bonds is 0. The molecule has 5 nitrogen and oxygen atoms in total. The molecule has 0 aliphatic carbocycles. The quantitative estimate of drug-likeness (QED) is 0.302. The largest absolute Gasteiger partial charge is 2.00 e. The molecular formula is H2CuO5S2. The van der Waals surface area contributed by atoms with Crippen molar-refractivity contribution in [3.05, 3.63) is 0 Å². The van der Waals surface area contributed by atoms with E-state index in [1.165, 1.54) is 0 Å². The van der Waals surface area contributed by atoms with Gasteiger partial charge in [-0.3, -0.25) is 14.7 Å². The molecular weight excluding hydrogens is 208 g/mol. The molecule has 8 heavy (non-hydrogen) atoms. The van der Waals surface area contributed by atoms with Gasteiger partial charge >= 0.3 is 17.1 Å². The Morgan fingerprint density at radius 3 is 1.38 bits per heavy atom. The van der Waals surface area contributed by atoms with Crippen molar-refractivity contribution >= 4 is 20.2 Å². The van der Waals surface area contributed by atoms with E-state index in [1.54, 1.807) is 0 Å². The van der Waals surface area contributed by atoms with Gasteiger partial charge in [0.05, 0.1) is 0 Å².